The highest BCUT2D eigenvalue weighted by molar-refractivity contribution is 8.00. The minimum Gasteiger partial charge on any atom is -0.494 e. The number of benzene rings is 3. The molecule has 1 aliphatic heterocycles. The van der Waals surface area contributed by atoms with E-state index < -0.39 is 17.8 Å². The second-order valence-corrected chi connectivity index (χ2v) is 9.55. The number of esters is 1. The third-order valence-electron chi connectivity index (χ3n) is 5.38. The predicted molar refractivity (Wildman–Crippen MR) is 137 cm³/mol. The van der Waals surface area contributed by atoms with Gasteiger partial charge in [0.2, 0.25) is 11.8 Å². The zero-order valence-electron chi connectivity index (χ0n) is 19.3. The Morgan fingerprint density at radius 2 is 1.58 bits per heavy atom. The lowest BCUT2D eigenvalue weighted by molar-refractivity contribution is -0.121. The molecule has 0 saturated carbocycles. The van der Waals surface area contributed by atoms with E-state index in [0.717, 1.165) is 9.80 Å². The summed E-state index contributed by atoms with van der Waals surface area (Å²) in [6.45, 7) is 1.97. The average molecular weight is 524 g/mol. The van der Waals surface area contributed by atoms with E-state index in [0.29, 0.717) is 28.6 Å². The summed E-state index contributed by atoms with van der Waals surface area (Å²) in [4.78, 5) is 52.1. The Morgan fingerprint density at radius 1 is 0.944 bits per heavy atom. The molecule has 0 radical (unpaired) electrons. The van der Waals surface area contributed by atoms with Gasteiger partial charge in [-0.25, -0.2) is 9.69 Å². The highest BCUT2D eigenvalue weighted by Gasteiger charge is 2.40. The number of thioether (sulfide) groups is 1. The minimum atomic E-state index is -0.684. The van der Waals surface area contributed by atoms with Gasteiger partial charge in [-0.1, -0.05) is 11.6 Å². The van der Waals surface area contributed by atoms with Crippen molar-refractivity contribution in [1.82, 2.24) is 0 Å². The first kappa shape index (κ1) is 25.5. The number of hydrogen-bond acceptors (Lipinski definition) is 7. The molecule has 7 nitrogen and oxygen atoms in total. The van der Waals surface area contributed by atoms with Gasteiger partial charge in [0.15, 0.2) is 12.4 Å². The van der Waals surface area contributed by atoms with Gasteiger partial charge in [0, 0.05) is 21.9 Å². The molecule has 0 N–H and O–H groups in total. The van der Waals surface area contributed by atoms with E-state index in [2.05, 4.69) is 0 Å². The first-order chi connectivity index (χ1) is 17.4. The van der Waals surface area contributed by atoms with Gasteiger partial charge in [-0.3, -0.25) is 14.4 Å². The first-order valence-corrected chi connectivity index (χ1v) is 12.4. The molecule has 3 aromatic carbocycles. The Labute approximate surface area is 217 Å². The van der Waals surface area contributed by atoms with E-state index in [4.69, 9.17) is 21.1 Å². The fraction of sp³-hybridized carbons (Fsp3) is 0.185. The van der Waals surface area contributed by atoms with Crippen LogP contribution in [0.25, 0.3) is 0 Å². The van der Waals surface area contributed by atoms with Crippen molar-refractivity contribution in [2.24, 2.45) is 0 Å². The number of rotatable bonds is 9. The Kier molecular flexibility index (Phi) is 8.07. The molecule has 1 fully saturated rings. The molecule has 3 aromatic rings. The van der Waals surface area contributed by atoms with E-state index in [1.165, 1.54) is 36.0 Å². The third-order valence-corrected chi connectivity index (χ3v) is 6.83. The van der Waals surface area contributed by atoms with Gasteiger partial charge in [-0.2, -0.15) is 0 Å². The number of amides is 2. The molecule has 1 atom stereocenters. The maximum atomic E-state index is 12.9. The van der Waals surface area contributed by atoms with Crippen LogP contribution in [0, 0.1) is 0 Å². The summed E-state index contributed by atoms with van der Waals surface area (Å²) in [5.41, 5.74) is 0.967. The quantitative estimate of drug-likeness (QED) is 0.216. The number of ketones is 1. The van der Waals surface area contributed by atoms with Crippen LogP contribution in [0.3, 0.4) is 0 Å². The molecule has 1 heterocycles. The monoisotopic (exact) mass is 523 g/mol. The van der Waals surface area contributed by atoms with Crippen LogP contribution in [0.4, 0.5) is 5.69 Å². The maximum Gasteiger partial charge on any atom is 0.338 e. The van der Waals surface area contributed by atoms with Gasteiger partial charge in [0.05, 0.1) is 23.1 Å². The fourth-order valence-electron chi connectivity index (χ4n) is 3.59. The Hall–Kier alpha value is -3.62. The Morgan fingerprint density at radius 3 is 2.22 bits per heavy atom. The molecular formula is C27H22ClNO6S. The highest BCUT2D eigenvalue weighted by Crippen LogP contribution is 2.34. The van der Waals surface area contributed by atoms with Gasteiger partial charge in [-0.15, -0.1) is 11.8 Å². The van der Waals surface area contributed by atoms with Crippen LogP contribution >= 0.6 is 23.4 Å². The van der Waals surface area contributed by atoms with E-state index in [1.54, 1.807) is 48.5 Å². The summed E-state index contributed by atoms with van der Waals surface area (Å²) in [7, 11) is 0. The van der Waals surface area contributed by atoms with Gasteiger partial charge in [0.1, 0.15) is 5.75 Å². The van der Waals surface area contributed by atoms with Crippen molar-refractivity contribution in [3.05, 3.63) is 88.9 Å². The molecule has 2 amide bonds. The topological polar surface area (TPSA) is 90.0 Å². The number of imide groups is 1. The third kappa shape index (κ3) is 5.95. The average Bonchev–Trinajstić information content (AvgIpc) is 3.16. The Bertz CT molecular complexity index is 1280. The molecule has 1 saturated heterocycles. The van der Waals surface area contributed by atoms with Crippen LogP contribution in [0.15, 0.2) is 77.7 Å². The zero-order chi connectivity index (χ0) is 25.7. The van der Waals surface area contributed by atoms with Crippen LogP contribution in [-0.4, -0.2) is 42.0 Å². The number of ether oxygens (including phenoxy) is 2. The Balaban J connectivity index is 1.34. The van der Waals surface area contributed by atoms with Gasteiger partial charge < -0.3 is 9.47 Å². The lowest BCUT2D eigenvalue weighted by atomic mass is 10.1. The van der Waals surface area contributed by atoms with Crippen molar-refractivity contribution in [2.75, 3.05) is 18.1 Å². The van der Waals surface area contributed by atoms with E-state index in [9.17, 15) is 19.2 Å². The maximum absolute atomic E-state index is 12.9. The van der Waals surface area contributed by atoms with Crippen LogP contribution in [-0.2, 0) is 14.3 Å². The van der Waals surface area contributed by atoms with Crippen LogP contribution in [0.1, 0.15) is 34.1 Å². The first-order valence-electron chi connectivity index (χ1n) is 11.2. The second-order valence-electron chi connectivity index (χ2n) is 7.84. The summed E-state index contributed by atoms with van der Waals surface area (Å²) in [6.07, 6.45) is 0.0730. The highest BCUT2D eigenvalue weighted by atomic mass is 35.5. The number of nitrogens with zero attached hydrogens (tertiary/aromatic N) is 1. The van der Waals surface area contributed by atoms with Crippen molar-refractivity contribution in [2.45, 2.75) is 23.5 Å². The summed E-state index contributed by atoms with van der Waals surface area (Å²) >= 11 is 7.21. The standard InChI is InChI=1S/C27H22ClNO6S/c1-2-34-21-11-5-17(6-12-21)23(30)16-35-27(33)18-3-9-20(10-4-18)29-25(31)15-24(26(29)32)36-22-13-7-19(28)8-14-22/h3-14,24H,2,15-16H2,1H3. The summed E-state index contributed by atoms with van der Waals surface area (Å²) in [5.74, 6) is -1.02. The number of hydrogen-bond donors (Lipinski definition) is 0. The van der Waals surface area contributed by atoms with Crippen molar-refractivity contribution in [1.29, 1.82) is 0 Å². The molecule has 0 aromatic heterocycles. The summed E-state index contributed by atoms with van der Waals surface area (Å²) in [6, 6.07) is 19.6. The molecule has 4 rings (SSSR count). The lowest BCUT2D eigenvalue weighted by Crippen LogP contribution is -2.31. The molecule has 36 heavy (non-hydrogen) atoms. The largest absolute Gasteiger partial charge is 0.494 e. The molecular weight excluding hydrogens is 502 g/mol. The molecule has 0 spiro atoms. The zero-order valence-corrected chi connectivity index (χ0v) is 20.9. The smallest absolute Gasteiger partial charge is 0.338 e. The van der Waals surface area contributed by atoms with Crippen molar-refractivity contribution in [3.8, 4) is 5.75 Å². The van der Waals surface area contributed by atoms with Crippen LogP contribution in [0.2, 0.25) is 5.02 Å². The number of carbonyl (C=O) groups is 4. The minimum absolute atomic E-state index is 0.0730. The fourth-order valence-corrected chi connectivity index (χ4v) is 4.77. The number of anilines is 1. The molecule has 9 heteroatoms. The molecule has 0 aliphatic carbocycles. The normalized spacial score (nSPS) is 15.2. The van der Waals surface area contributed by atoms with Gasteiger partial charge in [-0.05, 0) is 79.7 Å². The SMILES string of the molecule is CCOc1ccc(C(=O)COC(=O)c2ccc(N3C(=O)CC(Sc4ccc(Cl)cc4)C3=O)cc2)cc1. The summed E-state index contributed by atoms with van der Waals surface area (Å²) < 4.78 is 10.5. The number of Topliss-reactive ketones (excluding diaryl/α,β-unsaturated/α-hetero) is 1. The molecule has 0 bridgehead atoms. The number of carbonyl (C=O) groups excluding carboxylic acids is 4. The molecule has 1 unspecified atom stereocenters. The van der Waals surface area contributed by atoms with Gasteiger partial charge in [0.25, 0.3) is 0 Å². The molecule has 1 aliphatic rings. The second kappa shape index (κ2) is 11.4. The number of halogens is 1. The van der Waals surface area contributed by atoms with Crippen LogP contribution < -0.4 is 9.64 Å². The lowest BCUT2D eigenvalue weighted by Gasteiger charge is -2.15. The van der Waals surface area contributed by atoms with E-state index >= 15 is 0 Å². The van der Waals surface area contributed by atoms with Crippen LogP contribution in [0.5, 0.6) is 5.75 Å². The predicted octanol–water partition coefficient (Wildman–Crippen LogP) is 5.20. The van der Waals surface area contributed by atoms with Gasteiger partial charge >= 0.3 is 5.97 Å². The van der Waals surface area contributed by atoms with Crippen molar-refractivity contribution >= 4 is 52.6 Å². The van der Waals surface area contributed by atoms with E-state index in [1.807, 2.05) is 6.92 Å². The summed E-state index contributed by atoms with van der Waals surface area (Å²) in [5, 5.41) is 0.0471. The van der Waals surface area contributed by atoms with Crippen molar-refractivity contribution in [3.63, 3.8) is 0 Å². The van der Waals surface area contributed by atoms with Crippen molar-refractivity contribution < 1.29 is 28.7 Å². The van der Waals surface area contributed by atoms with E-state index in [-0.39, 0.29) is 29.6 Å². The molecule has 184 valence electrons.